The Morgan fingerprint density at radius 1 is 1.15 bits per heavy atom. The molecule has 1 amide bonds. The summed E-state index contributed by atoms with van der Waals surface area (Å²) in [7, 11) is 3.24. The highest BCUT2D eigenvalue weighted by molar-refractivity contribution is 5.95. The topological polar surface area (TPSA) is 50.8 Å². The van der Waals surface area contributed by atoms with Gasteiger partial charge >= 0.3 is 0 Å². The lowest BCUT2D eigenvalue weighted by Gasteiger charge is -2.33. The molecule has 1 atom stereocenters. The molecule has 0 radical (unpaired) electrons. The lowest BCUT2D eigenvalue weighted by Crippen LogP contribution is -2.44. The van der Waals surface area contributed by atoms with Crippen molar-refractivity contribution in [3.63, 3.8) is 0 Å². The molecular weight excluding hydrogens is 347 g/mol. The summed E-state index contributed by atoms with van der Waals surface area (Å²) in [4.78, 5) is 14.8. The maximum atomic E-state index is 13.5. The SMILES string of the molecule is COc1cc2c(cc1OC)CN(C(C)C(=O)Nc1cc(F)ccc1C)CC2. The predicted octanol–water partition coefficient (Wildman–Crippen LogP) is 3.54. The number of methoxy groups -OCH3 is 2. The van der Waals surface area contributed by atoms with Gasteiger partial charge in [-0.15, -0.1) is 0 Å². The Morgan fingerprint density at radius 3 is 2.48 bits per heavy atom. The Balaban J connectivity index is 1.74. The molecule has 1 aliphatic rings. The summed E-state index contributed by atoms with van der Waals surface area (Å²) in [5.41, 5.74) is 3.67. The molecule has 0 aliphatic carbocycles. The smallest absolute Gasteiger partial charge is 0.241 e. The molecule has 0 aromatic heterocycles. The van der Waals surface area contributed by atoms with Crippen molar-refractivity contribution in [3.05, 3.63) is 52.8 Å². The second-order valence-corrected chi connectivity index (χ2v) is 6.82. The second-order valence-electron chi connectivity index (χ2n) is 6.82. The molecule has 1 aliphatic heterocycles. The molecule has 2 aromatic rings. The Hall–Kier alpha value is -2.60. The summed E-state index contributed by atoms with van der Waals surface area (Å²) in [6, 6.07) is 8.04. The number of fused-ring (bicyclic) bond motifs is 1. The fourth-order valence-corrected chi connectivity index (χ4v) is 3.37. The third kappa shape index (κ3) is 4.06. The minimum atomic E-state index is -0.364. The van der Waals surface area contributed by atoms with Crippen LogP contribution in [0.4, 0.5) is 10.1 Å². The first-order valence-electron chi connectivity index (χ1n) is 8.97. The van der Waals surface area contributed by atoms with Gasteiger partial charge in [0.25, 0.3) is 0 Å². The van der Waals surface area contributed by atoms with Crippen LogP contribution in [0.25, 0.3) is 0 Å². The molecule has 2 aromatic carbocycles. The highest BCUT2D eigenvalue weighted by Crippen LogP contribution is 2.33. The zero-order valence-electron chi connectivity index (χ0n) is 16.1. The standard InChI is InChI=1S/C21H25FN2O3/c1-13-5-6-17(22)11-18(13)23-21(25)14(2)24-8-7-15-9-19(26-3)20(27-4)10-16(15)12-24/h5-6,9-11,14H,7-8,12H2,1-4H3,(H,23,25). The third-order valence-corrected chi connectivity index (χ3v) is 5.13. The number of nitrogens with one attached hydrogen (secondary N) is 1. The second kappa shape index (κ2) is 7.96. The number of anilines is 1. The van der Waals surface area contributed by atoms with Gasteiger partial charge in [0.2, 0.25) is 5.91 Å². The number of carbonyl (C=O) groups is 1. The lowest BCUT2D eigenvalue weighted by molar-refractivity contribution is -0.121. The summed E-state index contributed by atoms with van der Waals surface area (Å²) in [5, 5.41) is 2.85. The molecule has 0 bridgehead atoms. The molecule has 0 saturated heterocycles. The Labute approximate surface area is 159 Å². The lowest BCUT2D eigenvalue weighted by atomic mass is 9.97. The first-order chi connectivity index (χ1) is 12.9. The molecule has 6 heteroatoms. The van der Waals surface area contributed by atoms with Crippen molar-refractivity contribution in [3.8, 4) is 11.5 Å². The normalized spacial score (nSPS) is 15.0. The van der Waals surface area contributed by atoms with E-state index in [0.717, 1.165) is 29.8 Å². The number of rotatable bonds is 5. The van der Waals surface area contributed by atoms with Crippen molar-refractivity contribution in [2.24, 2.45) is 0 Å². The van der Waals surface area contributed by atoms with Crippen LogP contribution in [0.1, 0.15) is 23.6 Å². The number of amides is 1. The van der Waals surface area contributed by atoms with Crippen LogP contribution in [0.5, 0.6) is 11.5 Å². The highest BCUT2D eigenvalue weighted by Gasteiger charge is 2.27. The van der Waals surface area contributed by atoms with Gasteiger partial charge in [-0.2, -0.15) is 0 Å². The van der Waals surface area contributed by atoms with Crippen LogP contribution in [-0.4, -0.2) is 37.6 Å². The molecule has 144 valence electrons. The molecular formula is C21H25FN2O3. The van der Waals surface area contributed by atoms with Crippen molar-refractivity contribution in [1.29, 1.82) is 0 Å². The van der Waals surface area contributed by atoms with Crippen LogP contribution >= 0.6 is 0 Å². The van der Waals surface area contributed by atoms with E-state index in [4.69, 9.17) is 9.47 Å². The van der Waals surface area contributed by atoms with Gasteiger partial charge in [-0.1, -0.05) is 6.07 Å². The first-order valence-corrected chi connectivity index (χ1v) is 8.97. The number of aryl methyl sites for hydroxylation is 1. The number of halogens is 1. The molecule has 1 heterocycles. The minimum absolute atomic E-state index is 0.146. The van der Waals surface area contributed by atoms with E-state index in [1.807, 2.05) is 26.0 Å². The van der Waals surface area contributed by atoms with E-state index in [1.54, 1.807) is 20.3 Å². The van der Waals surface area contributed by atoms with Crippen molar-refractivity contribution in [2.45, 2.75) is 32.9 Å². The molecule has 5 nitrogen and oxygen atoms in total. The van der Waals surface area contributed by atoms with Crippen LogP contribution in [0.15, 0.2) is 30.3 Å². The number of hydrogen-bond donors (Lipinski definition) is 1. The molecule has 1 unspecified atom stereocenters. The van der Waals surface area contributed by atoms with Gasteiger partial charge in [0.05, 0.1) is 20.3 Å². The Bertz CT molecular complexity index is 854. The zero-order valence-corrected chi connectivity index (χ0v) is 16.1. The summed E-state index contributed by atoms with van der Waals surface area (Å²) in [6.45, 7) is 5.12. The maximum Gasteiger partial charge on any atom is 0.241 e. The van der Waals surface area contributed by atoms with Crippen LogP contribution in [0.2, 0.25) is 0 Å². The van der Waals surface area contributed by atoms with Gasteiger partial charge in [0, 0.05) is 18.8 Å². The van der Waals surface area contributed by atoms with E-state index in [2.05, 4.69) is 10.2 Å². The number of benzene rings is 2. The van der Waals surface area contributed by atoms with Crippen LogP contribution in [-0.2, 0) is 17.8 Å². The molecule has 27 heavy (non-hydrogen) atoms. The predicted molar refractivity (Wildman–Crippen MR) is 103 cm³/mol. The molecule has 0 fully saturated rings. The van der Waals surface area contributed by atoms with Gasteiger partial charge in [0.15, 0.2) is 11.5 Å². The highest BCUT2D eigenvalue weighted by atomic mass is 19.1. The van der Waals surface area contributed by atoms with Crippen LogP contribution in [0.3, 0.4) is 0 Å². The Morgan fingerprint density at radius 2 is 1.81 bits per heavy atom. The van der Waals surface area contributed by atoms with Gasteiger partial charge in [0.1, 0.15) is 5.82 Å². The fraction of sp³-hybridized carbons (Fsp3) is 0.381. The third-order valence-electron chi connectivity index (χ3n) is 5.13. The van der Waals surface area contributed by atoms with Gasteiger partial charge in [-0.3, -0.25) is 9.69 Å². The Kier molecular flexibility index (Phi) is 5.65. The zero-order chi connectivity index (χ0) is 19.6. The van der Waals surface area contributed by atoms with E-state index >= 15 is 0 Å². The summed E-state index contributed by atoms with van der Waals surface area (Å²) in [6.07, 6.45) is 0.826. The van der Waals surface area contributed by atoms with Gasteiger partial charge in [-0.25, -0.2) is 4.39 Å². The van der Waals surface area contributed by atoms with Crippen LogP contribution < -0.4 is 14.8 Å². The fourth-order valence-electron chi connectivity index (χ4n) is 3.37. The van der Waals surface area contributed by atoms with Crippen molar-refractivity contribution in [1.82, 2.24) is 4.90 Å². The first kappa shape index (κ1) is 19.2. The maximum absolute atomic E-state index is 13.5. The average Bonchev–Trinajstić information content (AvgIpc) is 2.68. The summed E-state index contributed by atoms with van der Waals surface area (Å²) >= 11 is 0. The summed E-state index contributed by atoms with van der Waals surface area (Å²) in [5.74, 6) is 0.895. The largest absolute Gasteiger partial charge is 0.493 e. The molecule has 0 spiro atoms. The number of ether oxygens (including phenoxy) is 2. The molecule has 1 N–H and O–H groups in total. The van der Waals surface area contributed by atoms with Crippen molar-refractivity contribution >= 4 is 11.6 Å². The van der Waals surface area contributed by atoms with E-state index in [1.165, 1.54) is 17.7 Å². The molecule has 0 saturated carbocycles. The monoisotopic (exact) mass is 372 g/mol. The number of nitrogens with zero attached hydrogens (tertiary/aromatic N) is 1. The van der Waals surface area contributed by atoms with E-state index in [0.29, 0.717) is 18.0 Å². The average molecular weight is 372 g/mol. The van der Waals surface area contributed by atoms with E-state index in [9.17, 15) is 9.18 Å². The van der Waals surface area contributed by atoms with Gasteiger partial charge < -0.3 is 14.8 Å². The minimum Gasteiger partial charge on any atom is -0.493 e. The van der Waals surface area contributed by atoms with E-state index in [-0.39, 0.29) is 17.8 Å². The molecule has 3 rings (SSSR count). The van der Waals surface area contributed by atoms with Gasteiger partial charge in [-0.05, 0) is 61.2 Å². The van der Waals surface area contributed by atoms with Crippen LogP contribution in [0, 0.1) is 12.7 Å². The quantitative estimate of drug-likeness (QED) is 0.872. The number of carbonyl (C=O) groups excluding carboxylic acids is 1. The summed E-state index contributed by atoms with van der Waals surface area (Å²) < 4.78 is 24.2. The van der Waals surface area contributed by atoms with E-state index < -0.39 is 0 Å². The number of hydrogen-bond acceptors (Lipinski definition) is 4. The van der Waals surface area contributed by atoms with Crippen molar-refractivity contribution < 1.29 is 18.7 Å². The van der Waals surface area contributed by atoms with Crippen molar-refractivity contribution in [2.75, 3.05) is 26.1 Å².